The predicted octanol–water partition coefficient (Wildman–Crippen LogP) is 1.72. The van der Waals surface area contributed by atoms with Crippen molar-refractivity contribution in [2.75, 3.05) is 5.73 Å². The molecule has 0 saturated carbocycles. The van der Waals surface area contributed by atoms with Gasteiger partial charge in [0.25, 0.3) is 5.91 Å². The van der Waals surface area contributed by atoms with E-state index in [1.807, 2.05) is 20.8 Å². The van der Waals surface area contributed by atoms with Crippen LogP contribution in [0.5, 0.6) is 0 Å². The molecule has 1 rings (SSSR count). The molecule has 0 bridgehead atoms. The molecule has 1 aromatic rings. The van der Waals surface area contributed by atoms with Crippen molar-refractivity contribution >= 4 is 29.9 Å². The minimum Gasteiger partial charge on any atom is -0.399 e. The average Bonchev–Trinajstić information content (AvgIpc) is 2.27. The van der Waals surface area contributed by atoms with Gasteiger partial charge in [0.15, 0.2) is 0 Å². The first kappa shape index (κ1) is 18.2. The minimum absolute atomic E-state index is 0. The number of carbonyl (C=O) groups is 2. The van der Waals surface area contributed by atoms with Crippen LogP contribution < -0.4 is 16.4 Å². The van der Waals surface area contributed by atoms with Gasteiger partial charge in [-0.25, -0.2) is 0 Å². The second-order valence-corrected chi connectivity index (χ2v) is 5.56. The molecule has 0 aliphatic rings. The SMILES string of the molecule is CC(NC(=O)c1ccc(N)cc1)C(=O)NC(C)(C)C.Cl. The first-order valence-corrected chi connectivity index (χ1v) is 6.17. The zero-order chi connectivity index (χ0) is 14.6. The van der Waals surface area contributed by atoms with E-state index in [0.29, 0.717) is 11.3 Å². The van der Waals surface area contributed by atoms with Crippen LogP contribution in [-0.4, -0.2) is 23.4 Å². The number of nitrogens with one attached hydrogen (secondary N) is 2. The summed E-state index contributed by atoms with van der Waals surface area (Å²) in [5.41, 5.74) is 6.30. The van der Waals surface area contributed by atoms with Gasteiger partial charge in [0.1, 0.15) is 6.04 Å². The van der Waals surface area contributed by atoms with E-state index >= 15 is 0 Å². The molecule has 112 valence electrons. The molecule has 0 fully saturated rings. The van der Waals surface area contributed by atoms with Crippen molar-refractivity contribution in [3.05, 3.63) is 29.8 Å². The predicted molar refractivity (Wildman–Crippen MR) is 82.9 cm³/mol. The van der Waals surface area contributed by atoms with Gasteiger partial charge < -0.3 is 16.4 Å². The zero-order valence-corrected chi connectivity index (χ0v) is 13.0. The highest BCUT2D eigenvalue weighted by molar-refractivity contribution is 5.97. The van der Waals surface area contributed by atoms with Gasteiger partial charge in [-0.3, -0.25) is 9.59 Å². The van der Waals surface area contributed by atoms with Crippen LogP contribution in [0.4, 0.5) is 5.69 Å². The molecular weight excluding hydrogens is 278 g/mol. The number of hydrogen-bond acceptors (Lipinski definition) is 3. The first-order chi connectivity index (χ1) is 8.69. The van der Waals surface area contributed by atoms with Crippen LogP contribution in [0, 0.1) is 0 Å². The zero-order valence-electron chi connectivity index (χ0n) is 12.2. The molecule has 6 heteroatoms. The lowest BCUT2D eigenvalue weighted by Gasteiger charge is -2.23. The molecule has 4 N–H and O–H groups in total. The van der Waals surface area contributed by atoms with Crippen molar-refractivity contribution in [2.45, 2.75) is 39.3 Å². The molecule has 20 heavy (non-hydrogen) atoms. The van der Waals surface area contributed by atoms with E-state index in [1.54, 1.807) is 31.2 Å². The largest absolute Gasteiger partial charge is 0.399 e. The Morgan fingerprint density at radius 1 is 1.15 bits per heavy atom. The Balaban J connectivity index is 0.00000361. The Labute approximate surface area is 125 Å². The van der Waals surface area contributed by atoms with Crippen molar-refractivity contribution in [1.82, 2.24) is 10.6 Å². The van der Waals surface area contributed by atoms with Crippen molar-refractivity contribution < 1.29 is 9.59 Å². The lowest BCUT2D eigenvalue weighted by molar-refractivity contribution is -0.124. The average molecular weight is 300 g/mol. The minimum atomic E-state index is -0.593. The molecule has 0 aliphatic heterocycles. The number of amides is 2. The Hall–Kier alpha value is -1.75. The van der Waals surface area contributed by atoms with Crippen LogP contribution >= 0.6 is 12.4 Å². The van der Waals surface area contributed by atoms with Gasteiger partial charge in [-0.2, -0.15) is 0 Å². The number of benzene rings is 1. The van der Waals surface area contributed by atoms with Gasteiger partial charge in [0.2, 0.25) is 5.91 Å². The molecular formula is C14H22ClN3O2. The number of halogens is 1. The maximum absolute atomic E-state index is 11.9. The van der Waals surface area contributed by atoms with Crippen LogP contribution in [0.25, 0.3) is 0 Å². The molecule has 0 saturated heterocycles. The Morgan fingerprint density at radius 2 is 1.65 bits per heavy atom. The third-order valence-corrected chi connectivity index (χ3v) is 2.41. The summed E-state index contributed by atoms with van der Waals surface area (Å²) >= 11 is 0. The van der Waals surface area contributed by atoms with Crippen LogP contribution in [0.15, 0.2) is 24.3 Å². The van der Waals surface area contributed by atoms with E-state index in [4.69, 9.17) is 5.73 Å². The quantitative estimate of drug-likeness (QED) is 0.743. The van der Waals surface area contributed by atoms with Gasteiger partial charge in [-0.15, -0.1) is 12.4 Å². The third kappa shape index (κ3) is 5.93. The van der Waals surface area contributed by atoms with E-state index in [-0.39, 0.29) is 29.8 Å². The van der Waals surface area contributed by atoms with E-state index in [1.165, 1.54) is 0 Å². The maximum atomic E-state index is 11.9. The van der Waals surface area contributed by atoms with Gasteiger partial charge in [0.05, 0.1) is 0 Å². The fourth-order valence-corrected chi connectivity index (χ4v) is 1.46. The van der Waals surface area contributed by atoms with Crippen molar-refractivity contribution in [3.8, 4) is 0 Å². The Kier molecular flexibility index (Phi) is 6.52. The Bertz CT molecular complexity index is 466. The van der Waals surface area contributed by atoms with E-state index < -0.39 is 6.04 Å². The van der Waals surface area contributed by atoms with E-state index in [0.717, 1.165) is 0 Å². The fourth-order valence-electron chi connectivity index (χ4n) is 1.46. The normalized spacial score (nSPS) is 12.0. The van der Waals surface area contributed by atoms with Crippen LogP contribution in [0.3, 0.4) is 0 Å². The van der Waals surface area contributed by atoms with Crippen molar-refractivity contribution in [3.63, 3.8) is 0 Å². The summed E-state index contributed by atoms with van der Waals surface area (Å²) in [7, 11) is 0. The second kappa shape index (κ2) is 7.14. The fraction of sp³-hybridized carbons (Fsp3) is 0.429. The second-order valence-electron chi connectivity index (χ2n) is 5.56. The molecule has 0 radical (unpaired) electrons. The summed E-state index contributed by atoms with van der Waals surface area (Å²) in [5, 5.41) is 5.46. The molecule has 0 heterocycles. The number of rotatable bonds is 3. The number of nitrogen functional groups attached to an aromatic ring is 1. The molecule has 1 unspecified atom stereocenters. The van der Waals surface area contributed by atoms with E-state index in [2.05, 4.69) is 10.6 Å². The number of carbonyl (C=O) groups excluding carboxylic acids is 2. The number of anilines is 1. The monoisotopic (exact) mass is 299 g/mol. The molecule has 0 aromatic heterocycles. The van der Waals surface area contributed by atoms with Gasteiger partial charge >= 0.3 is 0 Å². The summed E-state index contributed by atoms with van der Waals surface area (Å²) in [5.74, 6) is -0.507. The standard InChI is InChI=1S/C14H21N3O2.ClH/c1-9(12(18)17-14(2,3)4)16-13(19)10-5-7-11(15)8-6-10;/h5-9H,15H2,1-4H3,(H,16,19)(H,17,18);1H. The Morgan fingerprint density at radius 3 is 2.10 bits per heavy atom. The molecule has 0 aliphatic carbocycles. The molecule has 0 spiro atoms. The van der Waals surface area contributed by atoms with Gasteiger partial charge in [0, 0.05) is 16.8 Å². The van der Waals surface area contributed by atoms with Crippen LogP contribution in [0.1, 0.15) is 38.1 Å². The summed E-state index contributed by atoms with van der Waals surface area (Å²) in [6.07, 6.45) is 0. The molecule has 5 nitrogen and oxygen atoms in total. The summed E-state index contributed by atoms with van der Waals surface area (Å²) < 4.78 is 0. The van der Waals surface area contributed by atoms with Crippen molar-refractivity contribution in [2.24, 2.45) is 0 Å². The van der Waals surface area contributed by atoms with Crippen molar-refractivity contribution in [1.29, 1.82) is 0 Å². The third-order valence-electron chi connectivity index (χ3n) is 2.41. The van der Waals surface area contributed by atoms with Gasteiger partial charge in [-0.05, 0) is 52.0 Å². The topological polar surface area (TPSA) is 84.2 Å². The van der Waals surface area contributed by atoms with Gasteiger partial charge in [-0.1, -0.05) is 0 Å². The summed E-state index contributed by atoms with van der Waals surface area (Å²) in [6.45, 7) is 7.31. The maximum Gasteiger partial charge on any atom is 0.251 e. The smallest absolute Gasteiger partial charge is 0.251 e. The number of hydrogen-bond donors (Lipinski definition) is 3. The molecule has 1 atom stereocenters. The highest BCUT2D eigenvalue weighted by Gasteiger charge is 2.20. The lowest BCUT2D eigenvalue weighted by atomic mass is 10.1. The number of nitrogens with two attached hydrogens (primary N) is 1. The lowest BCUT2D eigenvalue weighted by Crippen LogP contribution is -2.50. The van der Waals surface area contributed by atoms with E-state index in [9.17, 15) is 9.59 Å². The molecule has 1 aromatic carbocycles. The highest BCUT2D eigenvalue weighted by atomic mass is 35.5. The summed E-state index contributed by atoms with van der Waals surface area (Å²) in [4.78, 5) is 23.7. The summed E-state index contributed by atoms with van der Waals surface area (Å²) in [6, 6.07) is 5.95. The first-order valence-electron chi connectivity index (χ1n) is 6.17. The van der Waals surface area contributed by atoms with Crippen LogP contribution in [0.2, 0.25) is 0 Å². The molecule has 2 amide bonds. The highest BCUT2D eigenvalue weighted by Crippen LogP contribution is 2.06. The van der Waals surface area contributed by atoms with Crippen LogP contribution in [-0.2, 0) is 4.79 Å².